The van der Waals surface area contributed by atoms with Gasteiger partial charge in [0, 0.05) is 30.1 Å². The van der Waals surface area contributed by atoms with Crippen molar-refractivity contribution in [3.05, 3.63) is 22.1 Å². The first-order chi connectivity index (χ1) is 13.2. The Morgan fingerprint density at radius 1 is 1.18 bits per heavy atom. The number of azide groups is 1. The summed E-state index contributed by atoms with van der Waals surface area (Å²) >= 11 is 0. The monoisotopic (exact) mass is 385 g/mol. The first-order valence-electron chi connectivity index (χ1n) is 10.2. The second kappa shape index (κ2) is 6.45. The predicted octanol–water partition coefficient (Wildman–Crippen LogP) is 3.92. The molecule has 0 aliphatic heterocycles. The number of ether oxygens (including phenoxy) is 1. The second-order valence-electron chi connectivity index (χ2n) is 9.42. The molecule has 1 unspecified atom stereocenters. The third kappa shape index (κ3) is 2.55. The zero-order valence-corrected chi connectivity index (χ0v) is 16.7. The van der Waals surface area contributed by atoms with Crippen LogP contribution in [0.15, 0.2) is 16.8 Å². The molecule has 0 amide bonds. The molecule has 7 heteroatoms. The van der Waals surface area contributed by atoms with Crippen LogP contribution in [-0.4, -0.2) is 29.7 Å². The maximum atomic E-state index is 12.7. The molecule has 0 heterocycles. The molecule has 0 aromatic heterocycles. The van der Waals surface area contributed by atoms with Crippen molar-refractivity contribution < 1.29 is 19.1 Å². The molecule has 0 saturated heterocycles. The van der Waals surface area contributed by atoms with E-state index in [1.165, 1.54) is 6.92 Å². The minimum absolute atomic E-state index is 0.0270. The highest BCUT2D eigenvalue weighted by molar-refractivity contribution is 5.92. The van der Waals surface area contributed by atoms with Crippen molar-refractivity contribution in [3.8, 4) is 0 Å². The van der Waals surface area contributed by atoms with E-state index >= 15 is 0 Å². The maximum absolute atomic E-state index is 12.7. The van der Waals surface area contributed by atoms with Gasteiger partial charge in [0.05, 0.1) is 6.04 Å². The van der Waals surface area contributed by atoms with E-state index in [-0.39, 0.29) is 29.0 Å². The molecular weight excluding hydrogens is 358 g/mol. The lowest BCUT2D eigenvalue weighted by Gasteiger charge is -2.60. The van der Waals surface area contributed by atoms with Crippen LogP contribution in [0.2, 0.25) is 0 Å². The van der Waals surface area contributed by atoms with Gasteiger partial charge in [-0.25, -0.2) is 0 Å². The molecule has 4 aliphatic carbocycles. The van der Waals surface area contributed by atoms with Gasteiger partial charge in [-0.05, 0) is 66.0 Å². The van der Waals surface area contributed by atoms with E-state index in [9.17, 15) is 19.9 Å². The Hall–Kier alpha value is -2.14. The van der Waals surface area contributed by atoms with E-state index in [1.807, 2.05) is 0 Å². The molecule has 0 aromatic rings. The average molecular weight is 385 g/mol. The van der Waals surface area contributed by atoms with E-state index in [1.54, 1.807) is 6.08 Å². The highest BCUT2D eigenvalue weighted by Crippen LogP contribution is 2.65. The highest BCUT2D eigenvalue weighted by Gasteiger charge is 2.64. The lowest BCUT2D eigenvalue weighted by molar-refractivity contribution is -0.156. The van der Waals surface area contributed by atoms with Crippen LogP contribution < -0.4 is 0 Å². The van der Waals surface area contributed by atoms with Crippen molar-refractivity contribution in [2.45, 2.75) is 71.4 Å². The van der Waals surface area contributed by atoms with E-state index in [2.05, 4.69) is 23.9 Å². The smallest absolute Gasteiger partial charge is 0.303 e. The first-order valence-corrected chi connectivity index (χ1v) is 10.2. The number of hydrogen-bond donors (Lipinski definition) is 0. The molecule has 4 rings (SSSR count). The van der Waals surface area contributed by atoms with Crippen LogP contribution in [0.4, 0.5) is 0 Å². The Balaban J connectivity index is 1.88. The van der Waals surface area contributed by atoms with Crippen LogP contribution in [0.3, 0.4) is 0 Å². The molecule has 7 nitrogen and oxygen atoms in total. The number of hydrogen-bond acceptors (Lipinski definition) is 5. The van der Waals surface area contributed by atoms with Crippen molar-refractivity contribution in [2.24, 2.45) is 33.7 Å². The molecule has 28 heavy (non-hydrogen) atoms. The molecule has 0 radical (unpaired) electrons. The molecule has 0 spiro atoms. The number of carbonyl (C=O) groups excluding carboxylic acids is 3. The molecular formula is C21H27N3O4. The van der Waals surface area contributed by atoms with E-state index in [4.69, 9.17) is 4.74 Å². The van der Waals surface area contributed by atoms with Crippen LogP contribution in [0.1, 0.15) is 59.3 Å². The van der Waals surface area contributed by atoms with Gasteiger partial charge in [-0.1, -0.05) is 19.0 Å². The summed E-state index contributed by atoms with van der Waals surface area (Å²) in [5.41, 5.74) is 9.41. The van der Waals surface area contributed by atoms with Crippen LogP contribution >= 0.6 is 0 Å². The molecule has 3 saturated carbocycles. The number of carbonyl (C=O) groups is 3. The van der Waals surface area contributed by atoms with Crippen molar-refractivity contribution in [1.29, 1.82) is 0 Å². The SMILES string of the molecule is CC(=O)O[C@H]1C2=CC(=O)CC[C@]2(C)[C@H]2CC[C@]3(C)C(=O)CC[C@H]3[C@@H]2C1N=[N+]=[N-]. The number of esters is 1. The summed E-state index contributed by atoms with van der Waals surface area (Å²) < 4.78 is 5.69. The molecule has 0 aromatic carbocycles. The van der Waals surface area contributed by atoms with Gasteiger partial charge >= 0.3 is 5.97 Å². The van der Waals surface area contributed by atoms with Gasteiger partial charge in [-0.3, -0.25) is 14.4 Å². The summed E-state index contributed by atoms with van der Waals surface area (Å²) in [5, 5.41) is 4.11. The molecule has 0 bridgehead atoms. The summed E-state index contributed by atoms with van der Waals surface area (Å²) in [4.78, 5) is 39.9. The number of fused-ring (bicyclic) bond motifs is 5. The Kier molecular flexibility index (Phi) is 4.42. The molecule has 7 atom stereocenters. The summed E-state index contributed by atoms with van der Waals surface area (Å²) in [6.45, 7) is 5.55. The standard InChI is InChI=1S/C21H27N3O4/c1-11(25)28-19-15-10-12(26)6-8-20(15,2)14-7-9-21(3)13(4-5-16(21)27)17(14)18(19)23-24-22/h10,13-14,17-19H,4-9H2,1-3H3/t13-,14-,17-,18?,19-,20+,21-/m0/s1. The lowest BCUT2D eigenvalue weighted by atomic mass is 9.45. The van der Waals surface area contributed by atoms with Crippen molar-refractivity contribution in [3.63, 3.8) is 0 Å². The normalized spacial score (nSPS) is 44.5. The fraction of sp³-hybridized carbons (Fsp3) is 0.762. The van der Waals surface area contributed by atoms with Crippen LogP contribution in [0.5, 0.6) is 0 Å². The second-order valence-corrected chi connectivity index (χ2v) is 9.42. The van der Waals surface area contributed by atoms with Gasteiger partial charge in [0.15, 0.2) is 5.78 Å². The maximum Gasteiger partial charge on any atom is 0.303 e. The number of ketones is 2. The molecule has 4 aliphatic rings. The Labute approximate surface area is 164 Å². The minimum Gasteiger partial charge on any atom is -0.458 e. The minimum atomic E-state index is -0.734. The Morgan fingerprint density at radius 3 is 2.57 bits per heavy atom. The zero-order chi connectivity index (χ0) is 20.3. The summed E-state index contributed by atoms with van der Waals surface area (Å²) in [6.07, 6.45) is 5.10. The summed E-state index contributed by atoms with van der Waals surface area (Å²) in [6, 6.07) is -0.584. The number of rotatable bonds is 2. The number of nitrogens with zero attached hydrogens (tertiary/aromatic N) is 3. The van der Waals surface area contributed by atoms with Crippen molar-refractivity contribution in [2.75, 3.05) is 0 Å². The predicted molar refractivity (Wildman–Crippen MR) is 101 cm³/mol. The largest absolute Gasteiger partial charge is 0.458 e. The van der Waals surface area contributed by atoms with Gasteiger partial charge in [0.1, 0.15) is 11.9 Å². The van der Waals surface area contributed by atoms with E-state index in [0.717, 1.165) is 24.8 Å². The fourth-order valence-electron chi connectivity index (χ4n) is 6.83. The zero-order valence-electron chi connectivity index (χ0n) is 16.7. The van der Waals surface area contributed by atoms with Crippen LogP contribution in [0.25, 0.3) is 10.4 Å². The van der Waals surface area contributed by atoms with Gasteiger partial charge < -0.3 is 4.74 Å². The van der Waals surface area contributed by atoms with Crippen LogP contribution in [-0.2, 0) is 19.1 Å². The summed E-state index contributed by atoms with van der Waals surface area (Å²) in [5.74, 6) is 0.163. The Morgan fingerprint density at radius 2 is 1.89 bits per heavy atom. The third-order valence-electron chi connectivity index (χ3n) is 8.22. The van der Waals surface area contributed by atoms with E-state index in [0.29, 0.717) is 25.0 Å². The lowest BCUT2D eigenvalue weighted by Crippen LogP contribution is -2.60. The quantitative estimate of drug-likeness (QED) is 0.310. The van der Waals surface area contributed by atoms with Crippen LogP contribution in [0, 0.1) is 28.6 Å². The topological polar surface area (TPSA) is 109 Å². The summed E-state index contributed by atoms with van der Waals surface area (Å²) in [7, 11) is 0. The van der Waals surface area contributed by atoms with Gasteiger partial charge in [-0.15, -0.1) is 0 Å². The highest BCUT2D eigenvalue weighted by atomic mass is 16.5. The Bertz CT molecular complexity index is 830. The number of Topliss-reactive ketones (excluding diaryl/α,β-unsaturated/α-hetero) is 1. The van der Waals surface area contributed by atoms with Gasteiger partial charge in [0.2, 0.25) is 0 Å². The average Bonchev–Trinajstić information content (AvgIpc) is 2.94. The van der Waals surface area contributed by atoms with Gasteiger partial charge in [-0.2, -0.15) is 0 Å². The van der Waals surface area contributed by atoms with Crippen molar-refractivity contribution in [1.82, 2.24) is 0 Å². The first kappa shape index (κ1) is 19.2. The molecule has 3 fully saturated rings. The van der Waals surface area contributed by atoms with Crippen molar-refractivity contribution >= 4 is 17.5 Å². The molecule has 0 N–H and O–H groups in total. The molecule has 150 valence electrons. The fourth-order valence-corrected chi connectivity index (χ4v) is 6.83. The third-order valence-corrected chi connectivity index (χ3v) is 8.22. The van der Waals surface area contributed by atoms with Gasteiger partial charge in [0.25, 0.3) is 0 Å². The van der Waals surface area contributed by atoms with E-state index < -0.39 is 23.5 Å².